The van der Waals surface area contributed by atoms with E-state index in [9.17, 15) is 4.79 Å². The molecule has 2 heterocycles. The molecule has 0 N–H and O–H groups in total. The first-order valence-corrected chi connectivity index (χ1v) is 9.70. The van der Waals surface area contributed by atoms with E-state index in [0.717, 1.165) is 38.4 Å². The zero-order valence-electron chi connectivity index (χ0n) is 15.9. The summed E-state index contributed by atoms with van der Waals surface area (Å²) in [6, 6.07) is 0. The molecule has 0 atom stereocenters. The lowest BCUT2D eigenvalue weighted by Gasteiger charge is -2.47. The maximum Gasteiger partial charge on any atom is 0.410 e. The maximum atomic E-state index is 12.4. The molecule has 1 saturated heterocycles. The number of piperidine rings is 1. The number of hydrogen-bond donors (Lipinski definition) is 0. The summed E-state index contributed by atoms with van der Waals surface area (Å²) in [4.78, 5) is 14.3. The van der Waals surface area contributed by atoms with Crippen LogP contribution in [-0.4, -0.2) is 44.7 Å². The highest BCUT2D eigenvalue weighted by molar-refractivity contribution is 5.68. The van der Waals surface area contributed by atoms with Crippen LogP contribution in [0.1, 0.15) is 65.7 Å². The van der Waals surface area contributed by atoms with Gasteiger partial charge in [0.2, 0.25) is 0 Å². The highest BCUT2D eigenvalue weighted by Gasteiger charge is 2.43. The van der Waals surface area contributed by atoms with Gasteiger partial charge < -0.3 is 9.64 Å². The zero-order valence-corrected chi connectivity index (χ0v) is 15.9. The number of ether oxygens (including phenoxy) is 1. The molecule has 1 aromatic heterocycles. The van der Waals surface area contributed by atoms with Crippen LogP contribution in [0.5, 0.6) is 0 Å². The van der Waals surface area contributed by atoms with Crippen LogP contribution < -0.4 is 0 Å². The topological polar surface area (TPSA) is 60.2 Å². The van der Waals surface area contributed by atoms with Gasteiger partial charge in [0.1, 0.15) is 5.60 Å². The Morgan fingerprint density at radius 3 is 2.44 bits per heavy atom. The van der Waals surface area contributed by atoms with Crippen LogP contribution in [0, 0.1) is 11.3 Å². The number of hydrogen-bond acceptors (Lipinski definition) is 4. The zero-order chi connectivity index (χ0) is 17.9. The third-order valence-corrected chi connectivity index (χ3v) is 5.83. The van der Waals surface area contributed by atoms with Gasteiger partial charge >= 0.3 is 6.09 Å². The summed E-state index contributed by atoms with van der Waals surface area (Å²) < 4.78 is 7.54. The second-order valence-corrected chi connectivity index (χ2v) is 8.77. The van der Waals surface area contributed by atoms with Crippen LogP contribution in [0.3, 0.4) is 0 Å². The first kappa shape index (κ1) is 18.2. The molecule has 2 fully saturated rings. The summed E-state index contributed by atoms with van der Waals surface area (Å²) in [5.74, 6) is 0.728. The van der Waals surface area contributed by atoms with Crippen LogP contribution in [0.15, 0.2) is 12.4 Å². The van der Waals surface area contributed by atoms with Gasteiger partial charge in [-0.2, -0.15) is 0 Å². The van der Waals surface area contributed by atoms with Crippen LogP contribution in [0.2, 0.25) is 0 Å². The number of carbonyl (C=O) groups is 1. The van der Waals surface area contributed by atoms with Gasteiger partial charge in [0, 0.05) is 25.8 Å². The molecule has 1 saturated carbocycles. The van der Waals surface area contributed by atoms with E-state index in [0.29, 0.717) is 0 Å². The molecule has 1 aliphatic carbocycles. The fourth-order valence-corrected chi connectivity index (χ4v) is 4.51. The summed E-state index contributed by atoms with van der Waals surface area (Å²) in [5.41, 5.74) is -0.206. The third-order valence-electron chi connectivity index (χ3n) is 5.83. The van der Waals surface area contributed by atoms with Crippen molar-refractivity contribution >= 4 is 6.09 Å². The number of amides is 1. The monoisotopic (exact) mass is 348 g/mol. The second kappa shape index (κ2) is 7.34. The van der Waals surface area contributed by atoms with Gasteiger partial charge in [-0.05, 0) is 57.8 Å². The van der Waals surface area contributed by atoms with Crippen molar-refractivity contribution in [1.82, 2.24) is 19.9 Å². The molecule has 6 nitrogen and oxygen atoms in total. The molecule has 1 amide bonds. The van der Waals surface area contributed by atoms with Crippen molar-refractivity contribution in [3.05, 3.63) is 12.4 Å². The molecule has 3 rings (SSSR count). The Morgan fingerprint density at radius 1 is 1.20 bits per heavy atom. The summed E-state index contributed by atoms with van der Waals surface area (Å²) >= 11 is 0. The Bertz CT molecular complexity index is 550. The first-order valence-electron chi connectivity index (χ1n) is 9.70. The molecular weight excluding hydrogens is 316 g/mol. The predicted molar refractivity (Wildman–Crippen MR) is 96.1 cm³/mol. The fraction of sp³-hybridized carbons (Fsp3) is 0.842. The quantitative estimate of drug-likeness (QED) is 0.832. The molecule has 0 radical (unpaired) electrons. The Morgan fingerprint density at radius 2 is 1.88 bits per heavy atom. The van der Waals surface area contributed by atoms with Crippen molar-refractivity contribution < 1.29 is 9.53 Å². The van der Waals surface area contributed by atoms with Crippen LogP contribution in [0.4, 0.5) is 4.79 Å². The van der Waals surface area contributed by atoms with E-state index >= 15 is 0 Å². The lowest BCUT2D eigenvalue weighted by Crippen LogP contribution is -2.49. The lowest BCUT2D eigenvalue weighted by molar-refractivity contribution is -0.0136. The third kappa shape index (κ3) is 4.53. The minimum absolute atomic E-state index is 0.175. The normalized spacial score (nSPS) is 22.0. The van der Waals surface area contributed by atoms with Crippen LogP contribution in [-0.2, 0) is 11.3 Å². The number of aromatic nitrogens is 3. The van der Waals surface area contributed by atoms with E-state index in [1.165, 1.54) is 32.1 Å². The average Bonchev–Trinajstić information content (AvgIpc) is 3.07. The van der Waals surface area contributed by atoms with Gasteiger partial charge in [0.25, 0.3) is 0 Å². The van der Waals surface area contributed by atoms with Gasteiger partial charge in [-0.25, -0.2) is 4.79 Å². The van der Waals surface area contributed by atoms with Crippen molar-refractivity contribution in [2.45, 2.75) is 77.9 Å². The largest absolute Gasteiger partial charge is 0.444 e. The summed E-state index contributed by atoms with van der Waals surface area (Å²) in [6.07, 6.45) is 12.2. The number of likely N-dealkylation sites (tertiary alicyclic amines) is 1. The molecule has 0 unspecified atom stereocenters. The molecule has 2 aliphatic rings. The highest BCUT2D eigenvalue weighted by atomic mass is 16.6. The smallest absolute Gasteiger partial charge is 0.410 e. The molecule has 6 heteroatoms. The molecule has 0 bridgehead atoms. The first-order chi connectivity index (χ1) is 11.9. The number of rotatable bonds is 3. The van der Waals surface area contributed by atoms with E-state index in [-0.39, 0.29) is 11.5 Å². The van der Waals surface area contributed by atoms with Crippen molar-refractivity contribution in [2.75, 3.05) is 13.1 Å². The highest BCUT2D eigenvalue weighted by Crippen LogP contribution is 2.47. The Balaban J connectivity index is 1.69. The molecule has 0 spiro atoms. The van der Waals surface area contributed by atoms with E-state index in [4.69, 9.17) is 4.74 Å². The Labute approximate surface area is 150 Å². The molecule has 25 heavy (non-hydrogen) atoms. The minimum atomic E-state index is -0.435. The molecule has 1 aliphatic heterocycles. The van der Waals surface area contributed by atoms with Crippen molar-refractivity contribution in [2.24, 2.45) is 11.3 Å². The lowest BCUT2D eigenvalue weighted by atomic mass is 9.63. The van der Waals surface area contributed by atoms with Gasteiger partial charge in [-0.3, -0.25) is 4.68 Å². The Kier molecular flexibility index (Phi) is 5.35. The van der Waals surface area contributed by atoms with E-state index in [1.807, 2.05) is 36.5 Å². The van der Waals surface area contributed by atoms with E-state index in [1.54, 1.807) is 6.20 Å². The summed E-state index contributed by atoms with van der Waals surface area (Å²) in [7, 11) is 0. The number of nitrogens with zero attached hydrogens (tertiary/aromatic N) is 4. The fourth-order valence-electron chi connectivity index (χ4n) is 4.51. The predicted octanol–water partition coefficient (Wildman–Crippen LogP) is 3.88. The van der Waals surface area contributed by atoms with Crippen molar-refractivity contribution in [1.29, 1.82) is 0 Å². The molecular formula is C19H32N4O2. The summed E-state index contributed by atoms with van der Waals surface area (Å²) in [5, 5.41) is 8.19. The summed E-state index contributed by atoms with van der Waals surface area (Å²) in [6.45, 7) is 8.24. The van der Waals surface area contributed by atoms with Gasteiger partial charge in [-0.1, -0.05) is 24.5 Å². The van der Waals surface area contributed by atoms with Crippen LogP contribution in [0.25, 0.3) is 0 Å². The molecule has 140 valence electrons. The SMILES string of the molecule is CC(C)(C)OC(=O)N1CCC(Cn2ccnn2)(C2CCCCC2)CC1. The molecule has 0 aromatic carbocycles. The van der Waals surface area contributed by atoms with Gasteiger partial charge in [0.15, 0.2) is 0 Å². The Hall–Kier alpha value is -1.59. The van der Waals surface area contributed by atoms with Crippen molar-refractivity contribution in [3.8, 4) is 0 Å². The minimum Gasteiger partial charge on any atom is -0.444 e. The average molecular weight is 348 g/mol. The molecule has 1 aromatic rings. The van der Waals surface area contributed by atoms with Gasteiger partial charge in [-0.15, -0.1) is 5.10 Å². The van der Waals surface area contributed by atoms with Crippen molar-refractivity contribution in [3.63, 3.8) is 0 Å². The van der Waals surface area contributed by atoms with E-state index < -0.39 is 5.60 Å². The second-order valence-electron chi connectivity index (χ2n) is 8.77. The number of carbonyl (C=O) groups excluding carboxylic acids is 1. The van der Waals surface area contributed by atoms with Crippen LogP contribution >= 0.6 is 0 Å². The van der Waals surface area contributed by atoms with Gasteiger partial charge in [0.05, 0.1) is 6.20 Å². The maximum absolute atomic E-state index is 12.4. The standard InChI is InChI=1S/C19H32N4O2/c1-18(2,3)25-17(24)22-12-9-19(10-13-22,15-23-14-11-20-21-23)16-7-5-4-6-8-16/h11,14,16H,4-10,12-13,15H2,1-3H3. The van der Waals surface area contributed by atoms with E-state index in [2.05, 4.69) is 10.3 Å².